The summed E-state index contributed by atoms with van der Waals surface area (Å²) in [4.78, 5) is 31.8. The van der Waals surface area contributed by atoms with Crippen molar-refractivity contribution in [1.29, 1.82) is 0 Å². The summed E-state index contributed by atoms with van der Waals surface area (Å²) in [6.45, 7) is 5.15. The highest BCUT2D eigenvalue weighted by atomic mass is 19.1. The van der Waals surface area contributed by atoms with E-state index in [1.165, 1.54) is 22.1 Å². The number of carbonyl (C=O) groups excluding carboxylic acids is 2. The molecule has 0 radical (unpaired) electrons. The van der Waals surface area contributed by atoms with Crippen molar-refractivity contribution in [3.63, 3.8) is 0 Å². The smallest absolute Gasteiger partial charge is 0.256 e. The lowest BCUT2D eigenvalue weighted by molar-refractivity contribution is -0.145. The van der Waals surface area contributed by atoms with Crippen molar-refractivity contribution in [3.05, 3.63) is 65.3 Å². The molecule has 2 aromatic carbocycles. The molecule has 2 heterocycles. The normalized spacial score (nSPS) is 12.5. The zero-order valence-corrected chi connectivity index (χ0v) is 21.5. The molecule has 0 saturated heterocycles. The number of anilines is 1. The maximum absolute atomic E-state index is 15.1. The number of benzene rings is 2. The van der Waals surface area contributed by atoms with Gasteiger partial charge in [0.05, 0.1) is 18.8 Å². The summed E-state index contributed by atoms with van der Waals surface area (Å²) < 4.78 is 20.2. The van der Waals surface area contributed by atoms with E-state index < -0.39 is 5.82 Å². The van der Waals surface area contributed by atoms with Crippen LogP contribution in [0.5, 0.6) is 0 Å². The number of hydrazine groups is 1. The standard InChI is InChI=1S/C27H33FN6O3.CH4/c1-4-5-8-13-29-25(35)17-33(24-14-20(11-12-23(24)28)27-30-19(2)37-31-27)18-26(36)32(3)34-15-21-9-6-7-10-22(21)16-34;/h6-7,9-12,14H,4-5,8,13,15-18H2,1-3H3,(H,29,35);1H4. The number of hydrogen-bond donors (Lipinski definition) is 1. The van der Waals surface area contributed by atoms with Crippen LogP contribution in [0.2, 0.25) is 0 Å². The molecule has 2 amide bonds. The summed E-state index contributed by atoms with van der Waals surface area (Å²) in [6.07, 6.45) is 2.91. The molecular weight excluding hydrogens is 487 g/mol. The molecule has 3 aromatic rings. The van der Waals surface area contributed by atoms with Gasteiger partial charge in [-0.2, -0.15) is 4.98 Å². The monoisotopic (exact) mass is 524 g/mol. The fourth-order valence-corrected chi connectivity index (χ4v) is 4.32. The second kappa shape index (κ2) is 13.1. The molecule has 0 spiro atoms. The summed E-state index contributed by atoms with van der Waals surface area (Å²) in [5.74, 6) is -0.396. The summed E-state index contributed by atoms with van der Waals surface area (Å²) in [6, 6.07) is 12.4. The Hall–Kier alpha value is -3.79. The minimum Gasteiger partial charge on any atom is -0.355 e. The van der Waals surface area contributed by atoms with Gasteiger partial charge < -0.3 is 14.7 Å². The zero-order chi connectivity index (χ0) is 26.4. The first kappa shape index (κ1) is 28.8. The Bertz CT molecular complexity index is 1220. The molecule has 0 fully saturated rings. The highest BCUT2D eigenvalue weighted by Crippen LogP contribution is 2.27. The van der Waals surface area contributed by atoms with Crippen molar-refractivity contribution in [3.8, 4) is 11.4 Å². The predicted molar refractivity (Wildman–Crippen MR) is 144 cm³/mol. The number of nitrogens with one attached hydrogen (secondary N) is 1. The van der Waals surface area contributed by atoms with Gasteiger partial charge in [-0.25, -0.2) is 9.40 Å². The van der Waals surface area contributed by atoms with Crippen LogP contribution in [0, 0.1) is 12.7 Å². The molecule has 1 aliphatic rings. The average molecular weight is 525 g/mol. The molecule has 0 unspecified atom stereocenters. The Morgan fingerprint density at radius 2 is 1.82 bits per heavy atom. The number of likely N-dealkylation sites (N-methyl/N-ethyl adjacent to an activating group) is 1. The molecule has 204 valence electrons. The molecule has 0 bridgehead atoms. The van der Waals surface area contributed by atoms with E-state index in [0.29, 0.717) is 36.9 Å². The Morgan fingerprint density at radius 3 is 2.45 bits per heavy atom. The predicted octanol–water partition coefficient (Wildman–Crippen LogP) is 4.32. The summed E-state index contributed by atoms with van der Waals surface area (Å²) in [7, 11) is 1.70. The summed E-state index contributed by atoms with van der Waals surface area (Å²) in [5, 5.41) is 10.3. The molecular formula is C28H37FN6O3. The van der Waals surface area contributed by atoms with E-state index >= 15 is 4.39 Å². The minimum absolute atomic E-state index is 0. The van der Waals surface area contributed by atoms with Crippen LogP contribution in [0.15, 0.2) is 47.0 Å². The molecule has 0 atom stereocenters. The van der Waals surface area contributed by atoms with Crippen LogP contribution < -0.4 is 10.2 Å². The number of aryl methyl sites for hydroxylation is 1. The lowest BCUT2D eigenvalue weighted by atomic mass is 10.1. The highest BCUT2D eigenvalue weighted by molar-refractivity contribution is 5.86. The second-order valence-electron chi connectivity index (χ2n) is 9.23. The van der Waals surface area contributed by atoms with Crippen molar-refractivity contribution >= 4 is 17.5 Å². The number of amides is 2. The van der Waals surface area contributed by atoms with Crippen LogP contribution in [0.1, 0.15) is 50.6 Å². The maximum atomic E-state index is 15.1. The molecule has 4 rings (SSSR count). The maximum Gasteiger partial charge on any atom is 0.256 e. The zero-order valence-electron chi connectivity index (χ0n) is 21.5. The van der Waals surface area contributed by atoms with Gasteiger partial charge in [0.1, 0.15) is 5.82 Å². The Labute approximate surface area is 223 Å². The Balaban J connectivity index is 0.00000400. The van der Waals surface area contributed by atoms with Crippen LogP contribution in [0.25, 0.3) is 11.4 Å². The number of carbonyl (C=O) groups is 2. The van der Waals surface area contributed by atoms with Gasteiger partial charge in [0.15, 0.2) is 0 Å². The molecule has 0 aliphatic carbocycles. The van der Waals surface area contributed by atoms with E-state index in [4.69, 9.17) is 4.52 Å². The number of nitrogens with zero attached hydrogens (tertiary/aromatic N) is 5. The number of aromatic nitrogens is 2. The summed E-state index contributed by atoms with van der Waals surface area (Å²) in [5.41, 5.74) is 2.98. The molecule has 1 aromatic heterocycles. The van der Waals surface area contributed by atoms with E-state index in [-0.39, 0.29) is 38.0 Å². The molecule has 10 heteroatoms. The van der Waals surface area contributed by atoms with Gasteiger partial charge in [-0.15, -0.1) is 0 Å². The fourth-order valence-electron chi connectivity index (χ4n) is 4.32. The van der Waals surface area contributed by atoms with Crippen molar-refractivity contribution in [2.75, 3.05) is 31.6 Å². The van der Waals surface area contributed by atoms with Gasteiger partial charge >= 0.3 is 0 Å². The number of fused-ring (bicyclic) bond motifs is 1. The molecule has 38 heavy (non-hydrogen) atoms. The summed E-state index contributed by atoms with van der Waals surface area (Å²) >= 11 is 0. The number of rotatable bonds is 11. The van der Waals surface area contributed by atoms with E-state index in [0.717, 1.165) is 19.3 Å². The largest absolute Gasteiger partial charge is 0.355 e. The molecule has 1 N–H and O–H groups in total. The van der Waals surface area contributed by atoms with Crippen molar-refractivity contribution in [1.82, 2.24) is 25.5 Å². The average Bonchev–Trinajstić information content (AvgIpc) is 3.52. The lowest BCUT2D eigenvalue weighted by Crippen LogP contribution is -2.48. The van der Waals surface area contributed by atoms with Crippen LogP contribution in [0.4, 0.5) is 10.1 Å². The number of halogens is 1. The molecule has 1 aliphatic heterocycles. The van der Waals surface area contributed by atoms with Gasteiger partial charge in [0.25, 0.3) is 5.91 Å². The Kier molecular flexibility index (Phi) is 9.95. The highest BCUT2D eigenvalue weighted by Gasteiger charge is 2.27. The lowest BCUT2D eigenvalue weighted by Gasteiger charge is -2.31. The SMILES string of the molecule is C.CCCCCNC(=O)CN(CC(=O)N(C)N1Cc2ccccc2C1)c1cc(-c2noc(C)n2)ccc1F. The van der Waals surface area contributed by atoms with Gasteiger partial charge in [0.2, 0.25) is 17.6 Å². The third-order valence-corrected chi connectivity index (χ3v) is 6.44. The molecule has 0 saturated carbocycles. The first-order valence-corrected chi connectivity index (χ1v) is 12.6. The van der Waals surface area contributed by atoms with Gasteiger partial charge in [-0.05, 0) is 35.7 Å². The Morgan fingerprint density at radius 1 is 1.11 bits per heavy atom. The first-order valence-electron chi connectivity index (χ1n) is 12.6. The third kappa shape index (κ3) is 6.95. The van der Waals surface area contributed by atoms with Crippen molar-refractivity contribution in [2.24, 2.45) is 0 Å². The second-order valence-corrected chi connectivity index (χ2v) is 9.23. The van der Waals surface area contributed by atoms with E-state index in [1.807, 2.05) is 29.3 Å². The third-order valence-electron chi connectivity index (χ3n) is 6.44. The van der Waals surface area contributed by atoms with Crippen molar-refractivity contribution < 1.29 is 18.5 Å². The fraction of sp³-hybridized carbons (Fsp3) is 0.429. The first-order chi connectivity index (χ1) is 17.9. The van der Waals surface area contributed by atoms with Crippen molar-refractivity contribution in [2.45, 2.75) is 53.6 Å². The van der Waals surface area contributed by atoms with E-state index in [2.05, 4.69) is 22.4 Å². The number of hydrogen-bond acceptors (Lipinski definition) is 7. The quantitative estimate of drug-likeness (QED) is 0.373. The van der Waals surface area contributed by atoms with Crippen LogP contribution in [0.3, 0.4) is 0 Å². The van der Waals surface area contributed by atoms with Crippen LogP contribution in [-0.4, -0.2) is 58.7 Å². The van der Waals surface area contributed by atoms with E-state index in [1.54, 1.807) is 31.1 Å². The number of unbranched alkanes of at least 4 members (excludes halogenated alkanes) is 2. The topological polar surface area (TPSA) is 94.8 Å². The molecule has 9 nitrogen and oxygen atoms in total. The van der Waals surface area contributed by atoms with Crippen LogP contribution >= 0.6 is 0 Å². The van der Waals surface area contributed by atoms with E-state index in [9.17, 15) is 9.59 Å². The van der Waals surface area contributed by atoms with Gasteiger partial charge in [-0.3, -0.25) is 14.6 Å². The van der Waals surface area contributed by atoms with Gasteiger partial charge in [0, 0.05) is 39.2 Å². The van der Waals surface area contributed by atoms with Crippen LogP contribution in [-0.2, 0) is 22.7 Å². The minimum atomic E-state index is -0.549. The van der Waals surface area contributed by atoms with Gasteiger partial charge in [-0.1, -0.05) is 56.6 Å².